The molecule has 1 aliphatic rings. The lowest BCUT2D eigenvalue weighted by Gasteiger charge is -2.12. The van der Waals surface area contributed by atoms with Crippen LogP contribution in [0.15, 0.2) is 22.5 Å². The summed E-state index contributed by atoms with van der Waals surface area (Å²) in [6, 6.07) is 1.79. The smallest absolute Gasteiger partial charge is 0.103 e. The van der Waals surface area contributed by atoms with Gasteiger partial charge in [-0.2, -0.15) is 0 Å². The third-order valence-electron chi connectivity index (χ3n) is 1.99. The molecule has 5 heteroatoms. The molecule has 0 saturated heterocycles. The van der Waals surface area contributed by atoms with Crippen LogP contribution in [0, 0.1) is 0 Å². The minimum absolute atomic E-state index is 0.412. The number of halogens is 2. The van der Waals surface area contributed by atoms with E-state index in [1.54, 1.807) is 18.3 Å². The summed E-state index contributed by atoms with van der Waals surface area (Å²) in [6.45, 7) is 0. The zero-order valence-electron chi connectivity index (χ0n) is 7.04. The molecule has 0 radical (unpaired) electrons. The van der Waals surface area contributed by atoms with Gasteiger partial charge in [-0.05, 0) is 17.7 Å². The molecule has 0 aliphatic heterocycles. The van der Waals surface area contributed by atoms with E-state index >= 15 is 0 Å². The fourth-order valence-electron chi connectivity index (χ4n) is 1.31. The number of pyridine rings is 1. The van der Waals surface area contributed by atoms with Crippen LogP contribution >= 0.6 is 23.2 Å². The van der Waals surface area contributed by atoms with Gasteiger partial charge in [-0.25, -0.2) is 0 Å². The Morgan fingerprint density at radius 1 is 1.43 bits per heavy atom. The summed E-state index contributed by atoms with van der Waals surface area (Å²) in [5.74, 6) is 0. The Hall–Kier alpha value is -1.06. The summed E-state index contributed by atoms with van der Waals surface area (Å²) in [4.78, 5) is 4.11. The van der Waals surface area contributed by atoms with Crippen LogP contribution in [-0.2, 0) is 6.42 Å². The third kappa shape index (κ3) is 1.61. The summed E-state index contributed by atoms with van der Waals surface area (Å²) >= 11 is 11.6. The number of nitrogens with zero attached hydrogens (tertiary/aromatic N) is 2. The lowest BCUT2D eigenvalue weighted by atomic mass is 10.0. The number of fused-ring (bicyclic) bond motifs is 1. The van der Waals surface area contributed by atoms with Crippen molar-refractivity contribution < 1.29 is 5.21 Å². The molecule has 0 atom stereocenters. The summed E-state index contributed by atoms with van der Waals surface area (Å²) in [5, 5.41) is 12.7. The van der Waals surface area contributed by atoms with E-state index in [0.717, 1.165) is 11.3 Å². The van der Waals surface area contributed by atoms with Crippen LogP contribution in [0.4, 0.5) is 0 Å². The maximum Gasteiger partial charge on any atom is 0.103 e. The molecule has 72 valence electrons. The average molecular weight is 229 g/mol. The molecule has 0 aromatic carbocycles. The second-order valence-electron chi connectivity index (χ2n) is 2.91. The Morgan fingerprint density at radius 2 is 2.21 bits per heavy atom. The van der Waals surface area contributed by atoms with E-state index in [0.29, 0.717) is 22.2 Å². The minimum Gasteiger partial charge on any atom is -0.411 e. The van der Waals surface area contributed by atoms with Crippen LogP contribution in [0.25, 0.3) is 6.08 Å². The molecular weight excluding hydrogens is 223 g/mol. The van der Waals surface area contributed by atoms with Crippen molar-refractivity contribution in [2.45, 2.75) is 6.42 Å². The third-order valence-corrected chi connectivity index (χ3v) is 2.52. The van der Waals surface area contributed by atoms with Crippen molar-refractivity contribution in [1.82, 2.24) is 4.98 Å². The standard InChI is InChI=1S/C9H6Cl2N2O/c10-6-1-5-2-9(13-14)7(11)3-8(5)12-4-6/h1,3-4,14H,2H2. The maximum absolute atomic E-state index is 8.67. The summed E-state index contributed by atoms with van der Waals surface area (Å²) in [6.07, 6.45) is 3.67. The first-order valence-corrected chi connectivity index (χ1v) is 4.69. The average Bonchev–Trinajstić information content (AvgIpc) is 2.17. The second-order valence-corrected chi connectivity index (χ2v) is 3.76. The predicted molar refractivity (Wildman–Crippen MR) is 56.0 cm³/mol. The van der Waals surface area contributed by atoms with E-state index < -0.39 is 0 Å². The first kappa shape index (κ1) is 9.49. The zero-order chi connectivity index (χ0) is 10.1. The largest absolute Gasteiger partial charge is 0.411 e. The van der Waals surface area contributed by atoms with Gasteiger partial charge in [0.1, 0.15) is 5.71 Å². The van der Waals surface area contributed by atoms with Gasteiger partial charge in [0.25, 0.3) is 0 Å². The van der Waals surface area contributed by atoms with Crippen LogP contribution in [-0.4, -0.2) is 15.9 Å². The molecular formula is C9H6Cl2N2O. The van der Waals surface area contributed by atoms with Gasteiger partial charge in [0, 0.05) is 12.6 Å². The van der Waals surface area contributed by atoms with Gasteiger partial charge in [0.15, 0.2) is 0 Å². The molecule has 1 aromatic heterocycles. The Kier molecular flexibility index (Phi) is 2.44. The monoisotopic (exact) mass is 228 g/mol. The van der Waals surface area contributed by atoms with Crippen molar-refractivity contribution in [2.75, 3.05) is 0 Å². The predicted octanol–water partition coefficient (Wildman–Crippen LogP) is 2.70. The normalized spacial score (nSPS) is 17.9. The van der Waals surface area contributed by atoms with E-state index in [1.165, 1.54) is 0 Å². The van der Waals surface area contributed by atoms with Crippen LogP contribution in [0.5, 0.6) is 0 Å². The first-order valence-electron chi connectivity index (χ1n) is 3.93. The molecule has 1 aromatic rings. The lowest BCUT2D eigenvalue weighted by molar-refractivity contribution is 0.318. The Bertz CT molecular complexity index is 440. The fourth-order valence-corrected chi connectivity index (χ4v) is 1.70. The topological polar surface area (TPSA) is 45.5 Å². The van der Waals surface area contributed by atoms with Crippen LogP contribution < -0.4 is 0 Å². The van der Waals surface area contributed by atoms with Gasteiger partial charge < -0.3 is 5.21 Å². The first-order chi connectivity index (χ1) is 6.70. The Balaban J connectivity index is 2.54. The number of hydrogen-bond acceptors (Lipinski definition) is 3. The highest BCUT2D eigenvalue weighted by atomic mass is 35.5. The highest BCUT2D eigenvalue weighted by Crippen LogP contribution is 2.24. The van der Waals surface area contributed by atoms with Crippen molar-refractivity contribution in [3.05, 3.63) is 33.6 Å². The van der Waals surface area contributed by atoms with Crippen LogP contribution in [0.2, 0.25) is 5.02 Å². The van der Waals surface area contributed by atoms with E-state index in [4.69, 9.17) is 28.4 Å². The van der Waals surface area contributed by atoms with Crippen LogP contribution in [0.3, 0.4) is 0 Å². The van der Waals surface area contributed by atoms with E-state index in [1.807, 2.05) is 0 Å². The second kappa shape index (κ2) is 3.59. The number of allylic oxidation sites excluding steroid dienone is 1. The number of aromatic nitrogens is 1. The molecule has 0 fully saturated rings. The maximum atomic E-state index is 8.67. The van der Waals surface area contributed by atoms with Gasteiger partial charge in [-0.3, -0.25) is 4.98 Å². The van der Waals surface area contributed by atoms with Gasteiger partial charge in [-0.1, -0.05) is 28.4 Å². The number of hydrogen-bond donors (Lipinski definition) is 1. The molecule has 0 unspecified atom stereocenters. The molecule has 0 amide bonds. The Labute approximate surface area is 90.7 Å². The van der Waals surface area contributed by atoms with Crippen molar-refractivity contribution >= 4 is 35.0 Å². The zero-order valence-corrected chi connectivity index (χ0v) is 8.55. The molecule has 0 bridgehead atoms. The highest BCUT2D eigenvalue weighted by molar-refractivity contribution is 6.46. The fraction of sp³-hybridized carbons (Fsp3) is 0.111. The molecule has 14 heavy (non-hydrogen) atoms. The van der Waals surface area contributed by atoms with E-state index in [9.17, 15) is 0 Å². The molecule has 1 heterocycles. The molecule has 3 nitrogen and oxygen atoms in total. The van der Waals surface area contributed by atoms with Gasteiger partial charge in [0.05, 0.1) is 15.7 Å². The van der Waals surface area contributed by atoms with E-state index in [-0.39, 0.29) is 0 Å². The highest BCUT2D eigenvalue weighted by Gasteiger charge is 2.16. The van der Waals surface area contributed by atoms with Gasteiger partial charge in [0.2, 0.25) is 0 Å². The van der Waals surface area contributed by atoms with E-state index in [2.05, 4.69) is 10.1 Å². The van der Waals surface area contributed by atoms with Crippen molar-refractivity contribution in [2.24, 2.45) is 5.16 Å². The number of rotatable bonds is 0. The summed E-state index contributed by atoms with van der Waals surface area (Å²) in [7, 11) is 0. The van der Waals surface area contributed by atoms with Gasteiger partial charge >= 0.3 is 0 Å². The molecule has 0 saturated carbocycles. The summed E-state index contributed by atoms with van der Waals surface area (Å²) < 4.78 is 0. The molecule has 0 spiro atoms. The quantitative estimate of drug-likeness (QED) is 0.549. The minimum atomic E-state index is 0.412. The molecule has 1 N–H and O–H groups in total. The Morgan fingerprint density at radius 3 is 2.93 bits per heavy atom. The molecule has 2 rings (SSSR count). The van der Waals surface area contributed by atoms with Crippen molar-refractivity contribution in [3.63, 3.8) is 0 Å². The lowest BCUT2D eigenvalue weighted by Crippen LogP contribution is -2.10. The van der Waals surface area contributed by atoms with Crippen molar-refractivity contribution in [3.8, 4) is 0 Å². The van der Waals surface area contributed by atoms with Gasteiger partial charge in [-0.15, -0.1) is 0 Å². The SMILES string of the molecule is ON=C1Cc2cc(Cl)cnc2C=C1Cl. The van der Waals surface area contributed by atoms with Crippen LogP contribution in [0.1, 0.15) is 11.3 Å². The van der Waals surface area contributed by atoms with Crippen molar-refractivity contribution in [1.29, 1.82) is 0 Å². The molecule has 1 aliphatic carbocycles. The number of oxime groups is 1. The summed E-state index contributed by atoms with van der Waals surface area (Å²) in [5.41, 5.74) is 2.12.